The van der Waals surface area contributed by atoms with Gasteiger partial charge in [0.25, 0.3) is 11.5 Å². The fourth-order valence-electron chi connectivity index (χ4n) is 2.96. The summed E-state index contributed by atoms with van der Waals surface area (Å²) in [5, 5.41) is 3.51. The largest absolute Gasteiger partial charge is 0.346 e. The van der Waals surface area contributed by atoms with Gasteiger partial charge < -0.3 is 10.3 Å². The highest BCUT2D eigenvalue weighted by Gasteiger charge is 2.24. The number of benzene rings is 1. The molecule has 0 radical (unpaired) electrons. The lowest BCUT2D eigenvalue weighted by Gasteiger charge is -2.29. The van der Waals surface area contributed by atoms with Crippen molar-refractivity contribution >= 4 is 16.8 Å². The number of fused-ring (bicyclic) bond motifs is 1. The molecule has 1 saturated carbocycles. The van der Waals surface area contributed by atoms with Gasteiger partial charge in [-0.05, 0) is 30.9 Å². The summed E-state index contributed by atoms with van der Waals surface area (Å²) in [4.78, 5) is 31.1. The molecular weight excluding hydrogens is 266 g/mol. The number of carbonyl (C=O) groups excluding carboxylic acids is 1. The van der Waals surface area contributed by atoms with Gasteiger partial charge in [-0.1, -0.05) is 31.9 Å². The molecule has 5 heteroatoms. The van der Waals surface area contributed by atoms with Crippen LogP contribution in [0.3, 0.4) is 0 Å². The zero-order valence-electron chi connectivity index (χ0n) is 12.1. The Morgan fingerprint density at radius 3 is 2.86 bits per heavy atom. The Kier molecular flexibility index (Phi) is 3.73. The molecule has 1 aromatic carbocycles. The molecule has 2 aromatic rings. The summed E-state index contributed by atoms with van der Waals surface area (Å²) >= 11 is 0. The van der Waals surface area contributed by atoms with E-state index in [1.807, 2.05) is 0 Å². The summed E-state index contributed by atoms with van der Waals surface area (Å²) in [5.41, 5.74) is 0.269. The number of para-hydroxylation sites is 1. The van der Waals surface area contributed by atoms with Crippen LogP contribution in [0.1, 0.15) is 43.2 Å². The van der Waals surface area contributed by atoms with Crippen molar-refractivity contribution in [3.8, 4) is 0 Å². The van der Waals surface area contributed by atoms with Crippen LogP contribution in [-0.2, 0) is 0 Å². The average molecular weight is 285 g/mol. The molecule has 1 heterocycles. The maximum absolute atomic E-state index is 12.3. The molecule has 2 N–H and O–H groups in total. The van der Waals surface area contributed by atoms with E-state index >= 15 is 0 Å². The van der Waals surface area contributed by atoms with Gasteiger partial charge in [-0.3, -0.25) is 9.59 Å². The number of amides is 1. The smallest absolute Gasteiger partial charge is 0.287 e. The Labute approximate surface area is 122 Å². The monoisotopic (exact) mass is 285 g/mol. The number of hydrogen-bond acceptors (Lipinski definition) is 3. The number of nitrogens with zero attached hydrogens (tertiary/aromatic N) is 1. The summed E-state index contributed by atoms with van der Waals surface area (Å²) in [6, 6.07) is 7.20. The van der Waals surface area contributed by atoms with Crippen molar-refractivity contribution < 1.29 is 4.79 Å². The fraction of sp³-hybridized carbons (Fsp3) is 0.438. The maximum atomic E-state index is 12.3. The lowest BCUT2D eigenvalue weighted by Crippen LogP contribution is -2.42. The molecule has 2 atom stereocenters. The molecule has 21 heavy (non-hydrogen) atoms. The van der Waals surface area contributed by atoms with Gasteiger partial charge in [-0.15, -0.1) is 0 Å². The first-order chi connectivity index (χ1) is 10.1. The van der Waals surface area contributed by atoms with Crippen LogP contribution in [0.2, 0.25) is 0 Å². The van der Waals surface area contributed by atoms with Gasteiger partial charge in [0.2, 0.25) is 0 Å². The van der Waals surface area contributed by atoms with Gasteiger partial charge in [0.1, 0.15) is 0 Å². The molecule has 0 spiro atoms. The summed E-state index contributed by atoms with van der Waals surface area (Å²) in [7, 11) is 0. The zero-order chi connectivity index (χ0) is 14.8. The lowest BCUT2D eigenvalue weighted by atomic mass is 9.86. The minimum atomic E-state index is -0.295. The number of carbonyl (C=O) groups is 1. The second-order valence-electron chi connectivity index (χ2n) is 5.77. The van der Waals surface area contributed by atoms with Crippen LogP contribution in [0.4, 0.5) is 0 Å². The Hall–Kier alpha value is -2.17. The van der Waals surface area contributed by atoms with E-state index in [9.17, 15) is 9.59 Å². The minimum Gasteiger partial charge on any atom is -0.346 e. The van der Waals surface area contributed by atoms with E-state index < -0.39 is 0 Å². The summed E-state index contributed by atoms with van der Waals surface area (Å²) in [5.74, 6) is 0.267. The van der Waals surface area contributed by atoms with Gasteiger partial charge in [0, 0.05) is 6.04 Å². The van der Waals surface area contributed by atoms with Crippen molar-refractivity contribution in [3.63, 3.8) is 0 Å². The van der Waals surface area contributed by atoms with Crippen LogP contribution < -0.4 is 10.9 Å². The van der Waals surface area contributed by atoms with E-state index in [-0.39, 0.29) is 23.3 Å². The molecule has 1 amide bonds. The lowest BCUT2D eigenvalue weighted by molar-refractivity contribution is 0.0899. The summed E-state index contributed by atoms with van der Waals surface area (Å²) in [6.45, 7) is 2.15. The van der Waals surface area contributed by atoms with Gasteiger partial charge >= 0.3 is 0 Å². The molecule has 1 aliphatic rings. The molecular formula is C16H19N3O2. The van der Waals surface area contributed by atoms with Gasteiger partial charge in [-0.25, -0.2) is 4.98 Å². The van der Waals surface area contributed by atoms with E-state index in [4.69, 9.17) is 0 Å². The summed E-state index contributed by atoms with van der Waals surface area (Å²) < 4.78 is 0. The van der Waals surface area contributed by atoms with E-state index in [2.05, 4.69) is 22.2 Å². The van der Waals surface area contributed by atoms with Crippen LogP contribution in [0.15, 0.2) is 29.1 Å². The second-order valence-corrected chi connectivity index (χ2v) is 5.77. The standard InChI is InChI=1S/C16H19N3O2/c1-10-6-2-4-8-12(10)18-16(21)14-17-13-9-5-3-7-11(13)15(20)19-14/h3,5,7,9-10,12H,2,4,6,8H2,1H3,(H,18,21)(H,17,19,20)/t10-,12+/m0/s1. The first-order valence-corrected chi connectivity index (χ1v) is 7.45. The van der Waals surface area contributed by atoms with E-state index in [1.165, 1.54) is 6.42 Å². The van der Waals surface area contributed by atoms with Crippen molar-refractivity contribution in [2.75, 3.05) is 0 Å². The predicted octanol–water partition coefficient (Wildman–Crippen LogP) is 2.23. The van der Waals surface area contributed by atoms with Crippen LogP contribution in [0.25, 0.3) is 10.9 Å². The highest BCUT2D eigenvalue weighted by Crippen LogP contribution is 2.23. The second kappa shape index (κ2) is 5.68. The predicted molar refractivity (Wildman–Crippen MR) is 81.2 cm³/mol. The Morgan fingerprint density at radius 1 is 1.29 bits per heavy atom. The minimum absolute atomic E-state index is 0.0940. The molecule has 0 saturated heterocycles. The zero-order valence-corrected chi connectivity index (χ0v) is 12.1. The highest BCUT2D eigenvalue weighted by molar-refractivity contribution is 5.92. The van der Waals surface area contributed by atoms with Crippen molar-refractivity contribution in [3.05, 3.63) is 40.4 Å². The van der Waals surface area contributed by atoms with E-state index in [0.717, 1.165) is 19.3 Å². The number of hydrogen-bond donors (Lipinski definition) is 2. The van der Waals surface area contributed by atoms with Crippen LogP contribution in [0, 0.1) is 5.92 Å². The van der Waals surface area contributed by atoms with Crippen LogP contribution in [0.5, 0.6) is 0 Å². The molecule has 1 aliphatic carbocycles. The average Bonchev–Trinajstić information content (AvgIpc) is 2.49. The molecule has 0 unspecified atom stereocenters. The molecule has 3 rings (SSSR count). The van der Waals surface area contributed by atoms with Gasteiger partial charge in [0.05, 0.1) is 10.9 Å². The molecule has 1 aromatic heterocycles. The fourth-order valence-corrected chi connectivity index (χ4v) is 2.96. The van der Waals surface area contributed by atoms with E-state index in [0.29, 0.717) is 16.8 Å². The Balaban J connectivity index is 1.86. The quantitative estimate of drug-likeness (QED) is 0.888. The van der Waals surface area contributed by atoms with Crippen molar-refractivity contribution in [2.45, 2.75) is 38.6 Å². The number of aromatic nitrogens is 2. The van der Waals surface area contributed by atoms with Crippen molar-refractivity contribution in [2.24, 2.45) is 5.92 Å². The Bertz CT molecular complexity index is 723. The van der Waals surface area contributed by atoms with Gasteiger partial charge in [-0.2, -0.15) is 0 Å². The molecule has 0 bridgehead atoms. The third-order valence-corrected chi connectivity index (χ3v) is 4.26. The van der Waals surface area contributed by atoms with Crippen LogP contribution >= 0.6 is 0 Å². The maximum Gasteiger partial charge on any atom is 0.287 e. The van der Waals surface area contributed by atoms with E-state index in [1.54, 1.807) is 24.3 Å². The number of nitrogens with one attached hydrogen (secondary N) is 2. The highest BCUT2D eigenvalue weighted by atomic mass is 16.2. The number of rotatable bonds is 2. The number of H-pyrrole nitrogens is 1. The first kappa shape index (κ1) is 13.8. The Morgan fingerprint density at radius 2 is 2.05 bits per heavy atom. The molecule has 110 valence electrons. The summed E-state index contributed by atoms with van der Waals surface area (Å²) in [6.07, 6.45) is 4.48. The van der Waals surface area contributed by atoms with Crippen LogP contribution in [-0.4, -0.2) is 21.9 Å². The molecule has 0 aliphatic heterocycles. The van der Waals surface area contributed by atoms with Gasteiger partial charge in [0.15, 0.2) is 5.82 Å². The first-order valence-electron chi connectivity index (χ1n) is 7.45. The molecule has 1 fully saturated rings. The van der Waals surface area contributed by atoms with Crippen molar-refractivity contribution in [1.29, 1.82) is 0 Å². The third-order valence-electron chi connectivity index (χ3n) is 4.26. The SMILES string of the molecule is C[C@H]1CCCC[C@H]1NC(=O)c1nc2ccccc2c(=O)[nH]1. The molecule has 5 nitrogen and oxygen atoms in total. The van der Waals surface area contributed by atoms with Crippen molar-refractivity contribution in [1.82, 2.24) is 15.3 Å². The normalized spacial score (nSPS) is 22.1. The third kappa shape index (κ3) is 2.82. The number of aromatic amines is 1. The topological polar surface area (TPSA) is 74.8 Å².